The van der Waals surface area contributed by atoms with E-state index in [0.717, 1.165) is 0 Å². The summed E-state index contributed by atoms with van der Waals surface area (Å²) in [5.74, 6) is -0.393. The average Bonchev–Trinajstić information content (AvgIpc) is 2.19. The number of hydrogen-bond donors (Lipinski definition) is 0. The number of nitro groups is 1. The maximum Gasteiger partial charge on any atom is 0.284 e. The Balaban J connectivity index is 3.52. The molecule has 0 heterocycles. The summed E-state index contributed by atoms with van der Waals surface area (Å²) in [7, 11) is 0. The van der Waals surface area contributed by atoms with Crippen molar-refractivity contribution >= 4 is 39.0 Å². The molecule has 0 saturated heterocycles. The molecule has 0 aliphatic carbocycles. The molecule has 0 aliphatic rings. The van der Waals surface area contributed by atoms with E-state index in [4.69, 9.17) is 11.6 Å². The zero-order valence-electron chi connectivity index (χ0n) is 7.79. The summed E-state index contributed by atoms with van der Waals surface area (Å²) in [4.78, 5) is 21.7. The first-order valence-electron chi connectivity index (χ1n) is 4.01. The minimum absolute atomic E-state index is 0.0109. The molecule has 1 aromatic carbocycles. The Hall–Kier alpha value is -0.940. The van der Waals surface area contributed by atoms with E-state index in [0.29, 0.717) is 5.56 Å². The number of Topliss-reactive ketones (excluding diaryl/α,β-unsaturated/α-hetero) is 1. The molecule has 0 aliphatic heterocycles. The summed E-state index contributed by atoms with van der Waals surface area (Å²) in [5.41, 5.74) is 0.180. The molecule has 0 saturated carbocycles. The van der Waals surface area contributed by atoms with Gasteiger partial charge in [-0.2, -0.15) is 0 Å². The van der Waals surface area contributed by atoms with Gasteiger partial charge in [0.2, 0.25) is 0 Å². The van der Waals surface area contributed by atoms with Crippen LogP contribution in [0.5, 0.6) is 0 Å². The smallest absolute Gasteiger partial charge is 0.284 e. The van der Waals surface area contributed by atoms with Crippen LogP contribution in [0.3, 0.4) is 0 Å². The van der Waals surface area contributed by atoms with Crippen LogP contribution in [0.1, 0.15) is 15.9 Å². The molecule has 4 nitrogen and oxygen atoms in total. The van der Waals surface area contributed by atoms with E-state index < -0.39 is 10.7 Å². The van der Waals surface area contributed by atoms with Crippen molar-refractivity contribution < 1.29 is 9.72 Å². The number of rotatable bonds is 3. The predicted molar refractivity (Wildman–Crippen MR) is 61.0 cm³/mol. The van der Waals surface area contributed by atoms with Crippen molar-refractivity contribution in [3.63, 3.8) is 0 Å². The number of aryl methyl sites for hydroxylation is 1. The number of alkyl halides is 1. The van der Waals surface area contributed by atoms with Gasteiger partial charge < -0.3 is 0 Å². The zero-order valence-corrected chi connectivity index (χ0v) is 10.1. The monoisotopic (exact) mass is 291 g/mol. The van der Waals surface area contributed by atoms with E-state index in [-0.39, 0.29) is 21.6 Å². The van der Waals surface area contributed by atoms with E-state index in [1.165, 1.54) is 12.1 Å². The second-order valence-corrected chi connectivity index (χ2v) is 3.87. The Morgan fingerprint density at radius 2 is 2.20 bits per heavy atom. The molecular weight excluding hydrogens is 285 g/mol. The van der Waals surface area contributed by atoms with E-state index >= 15 is 0 Å². The Kier molecular flexibility index (Phi) is 3.82. The second kappa shape index (κ2) is 4.72. The first kappa shape index (κ1) is 12.1. The third kappa shape index (κ3) is 2.35. The summed E-state index contributed by atoms with van der Waals surface area (Å²) in [5, 5.41) is 10.9. The number of nitro benzene ring substituents is 1. The molecule has 1 aromatic rings. The van der Waals surface area contributed by atoms with Crippen LogP contribution >= 0.6 is 27.5 Å². The first-order chi connectivity index (χ1) is 6.99. The van der Waals surface area contributed by atoms with Crippen molar-refractivity contribution in [3.05, 3.63) is 38.4 Å². The van der Waals surface area contributed by atoms with Crippen LogP contribution in [-0.4, -0.2) is 16.0 Å². The van der Waals surface area contributed by atoms with E-state index in [9.17, 15) is 14.9 Å². The third-order valence-corrected chi connectivity index (χ3v) is 2.74. The summed E-state index contributed by atoms with van der Waals surface area (Å²) >= 11 is 8.74. The topological polar surface area (TPSA) is 60.2 Å². The second-order valence-electron chi connectivity index (χ2n) is 2.90. The standard InChI is InChI=1S/C9H7BrClNO3/c1-5-2-3-6(11)8(7(13)4-10)9(5)12(14)15/h2-3H,4H2,1H3. The molecule has 0 amide bonds. The lowest BCUT2D eigenvalue weighted by Gasteiger charge is -2.04. The SMILES string of the molecule is Cc1ccc(Cl)c(C(=O)CBr)c1[N+](=O)[O-]. The molecule has 0 N–H and O–H groups in total. The highest BCUT2D eigenvalue weighted by Crippen LogP contribution is 2.30. The number of hydrogen-bond acceptors (Lipinski definition) is 3. The molecule has 15 heavy (non-hydrogen) atoms. The molecule has 1 rings (SSSR count). The maximum atomic E-state index is 11.5. The summed E-state index contributed by atoms with van der Waals surface area (Å²) in [6, 6.07) is 3.01. The number of benzene rings is 1. The van der Waals surface area contributed by atoms with E-state index in [1.54, 1.807) is 6.92 Å². The summed E-state index contributed by atoms with van der Waals surface area (Å²) < 4.78 is 0. The van der Waals surface area contributed by atoms with Crippen molar-refractivity contribution in [2.24, 2.45) is 0 Å². The van der Waals surface area contributed by atoms with Gasteiger partial charge in [0.05, 0.1) is 15.3 Å². The molecule has 80 valence electrons. The normalized spacial score (nSPS) is 10.1. The number of ketones is 1. The highest BCUT2D eigenvalue weighted by molar-refractivity contribution is 9.09. The van der Waals surface area contributed by atoms with Crippen LogP contribution in [0, 0.1) is 17.0 Å². The number of halogens is 2. The van der Waals surface area contributed by atoms with Gasteiger partial charge in [0.15, 0.2) is 5.78 Å². The van der Waals surface area contributed by atoms with Gasteiger partial charge in [-0.25, -0.2) is 0 Å². The first-order valence-corrected chi connectivity index (χ1v) is 5.51. The molecule has 0 spiro atoms. The molecule has 0 bridgehead atoms. The van der Waals surface area contributed by atoms with Crippen molar-refractivity contribution in [3.8, 4) is 0 Å². The lowest BCUT2D eigenvalue weighted by Crippen LogP contribution is -2.07. The van der Waals surface area contributed by atoms with Crippen molar-refractivity contribution in [1.29, 1.82) is 0 Å². The molecule has 6 heteroatoms. The molecule has 0 aromatic heterocycles. The van der Waals surface area contributed by atoms with Gasteiger partial charge in [0.1, 0.15) is 5.56 Å². The fourth-order valence-corrected chi connectivity index (χ4v) is 1.78. The Bertz CT molecular complexity index is 434. The van der Waals surface area contributed by atoms with Gasteiger partial charge in [-0.05, 0) is 13.0 Å². The highest BCUT2D eigenvalue weighted by Gasteiger charge is 2.24. The van der Waals surface area contributed by atoms with Gasteiger partial charge in [-0.3, -0.25) is 14.9 Å². The van der Waals surface area contributed by atoms with E-state index in [2.05, 4.69) is 15.9 Å². The van der Waals surface area contributed by atoms with Crippen LogP contribution in [-0.2, 0) is 0 Å². The van der Waals surface area contributed by atoms with Gasteiger partial charge >= 0.3 is 0 Å². The van der Waals surface area contributed by atoms with Crippen molar-refractivity contribution in [2.75, 3.05) is 5.33 Å². The average molecular weight is 293 g/mol. The fourth-order valence-electron chi connectivity index (χ4n) is 1.24. The molecule has 0 atom stereocenters. The highest BCUT2D eigenvalue weighted by atomic mass is 79.9. The van der Waals surface area contributed by atoms with Gasteiger partial charge in [-0.1, -0.05) is 33.6 Å². The van der Waals surface area contributed by atoms with Gasteiger partial charge in [0, 0.05) is 5.56 Å². The number of carbonyl (C=O) groups excluding carboxylic acids is 1. The van der Waals surface area contributed by atoms with Crippen LogP contribution in [0.2, 0.25) is 5.02 Å². The lowest BCUT2D eigenvalue weighted by atomic mass is 10.1. The number of nitrogens with zero attached hydrogens (tertiary/aromatic N) is 1. The maximum absolute atomic E-state index is 11.5. The Morgan fingerprint density at radius 1 is 1.60 bits per heavy atom. The third-order valence-electron chi connectivity index (χ3n) is 1.91. The Morgan fingerprint density at radius 3 is 2.67 bits per heavy atom. The molecule has 0 unspecified atom stereocenters. The quantitative estimate of drug-likeness (QED) is 0.372. The van der Waals surface area contributed by atoms with Crippen LogP contribution < -0.4 is 0 Å². The van der Waals surface area contributed by atoms with Crippen molar-refractivity contribution in [2.45, 2.75) is 6.92 Å². The summed E-state index contributed by atoms with van der Waals surface area (Å²) in [6.07, 6.45) is 0. The Labute approximate surface area is 99.5 Å². The predicted octanol–water partition coefficient (Wildman–Crippen LogP) is 3.13. The lowest BCUT2D eigenvalue weighted by molar-refractivity contribution is -0.385. The van der Waals surface area contributed by atoms with E-state index in [1.807, 2.05) is 0 Å². The summed E-state index contributed by atoms with van der Waals surface area (Å²) in [6.45, 7) is 1.57. The van der Waals surface area contributed by atoms with Crippen LogP contribution in [0.25, 0.3) is 0 Å². The van der Waals surface area contributed by atoms with Crippen molar-refractivity contribution in [1.82, 2.24) is 0 Å². The molecular formula is C9H7BrClNO3. The van der Waals surface area contributed by atoms with Crippen LogP contribution in [0.15, 0.2) is 12.1 Å². The number of carbonyl (C=O) groups is 1. The zero-order chi connectivity index (χ0) is 11.6. The molecule has 0 fully saturated rings. The van der Waals surface area contributed by atoms with Crippen LogP contribution in [0.4, 0.5) is 5.69 Å². The fraction of sp³-hybridized carbons (Fsp3) is 0.222. The van der Waals surface area contributed by atoms with Gasteiger partial charge in [0.25, 0.3) is 5.69 Å². The minimum Gasteiger partial charge on any atom is -0.293 e. The molecule has 0 radical (unpaired) electrons. The minimum atomic E-state index is -0.586. The van der Waals surface area contributed by atoms with Gasteiger partial charge in [-0.15, -0.1) is 0 Å². The largest absolute Gasteiger partial charge is 0.293 e.